The molecule has 2 N–H and O–H groups in total. The summed E-state index contributed by atoms with van der Waals surface area (Å²) in [6, 6.07) is 8.09. The smallest absolute Gasteiger partial charge is 0.0456 e. The first kappa shape index (κ1) is 8.29. The van der Waals surface area contributed by atoms with Crippen LogP contribution in [0.4, 0.5) is 0 Å². The highest BCUT2D eigenvalue weighted by Crippen LogP contribution is 2.17. The average Bonchev–Trinajstić information content (AvgIpc) is 2.58. The Balaban J connectivity index is 2.35. The number of nitrogens with one attached hydrogen (secondary N) is 2. The third kappa shape index (κ3) is 1.56. The largest absolute Gasteiger partial charge is 0.788 e. The number of benzene rings is 1. The molecule has 0 aliphatic rings. The normalized spacial score (nSPS) is 10.8. The van der Waals surface area contributed by atoms with E-state index in [1.165, 1.54) is 10.9 Å². The summed E-state index contributed by atoms with van der Waals surface area (Å²) in [5.74, 6) is 0. The quantitative estimate of drug-likeness (QED) is 0.699. The second kappa shape index (κ2) is 3.60. The summed E-state index contributed by atoms with van der Waals surface area (Å²) in [6.45, 7) is 0.474. The lowest BCUT2D eigenvalue weighted by molar-refractivity contribution is 0.840. The Morgan fingerprint density at radius 2 is 2.15 bits per heavy atom. The van der Waals surface area contributed by atoms with Crippen molar-refractivity contribution >= 4 is 10.9 Å². The minimum atomic E-state index is 0.474. The Labute approximate surface area is 76.4 Å². The van der Waals surface area contributed by atoms with E-state index >= 15 is 0 Å². The van der Waals surface area contributed by atoms with Gasteiger partial charge in [0.1, 0.15) is 0 Å². The Bertz CT molecular complexity index is 394. The van der Waals surface area contributed by atoms with Crippen LogP contribution in [-0.4, -0.2) is 11.5 Å². The summed E-state index contributed by atoms with van der Waals surface area (Å²) in [4.78, 5) is 3.17. The number of para-hydroxylation sites is 1. The maximum atomic E-state index is 10.1. The molecule has 3 nitrogen and oxygen atoms in total. The third-order valence-electron chi connectivity index (χ3n) is 2.17. The van der Waals surface area contributed by atoms with Crippen LogP contribution in [0.5, 0.6) is 0 Å². The molecule has 0 fully saturated rings. The van der Waals surface area contributed by atoms with Crippen LogP contribution in [0.1, 0.15) is 5.56 Å². The van der Waals surface area contributed by atoms with E-state index < -0.39 is 0 Å². The Kier molecular flexibility index (Phi) is 2.29. The van der Waals surface area contributed by atoms with Crippen LogP contribution in [0.25, 0.3) is 10.9 Å². The number of H-pyrrole nitrogens is 1. The van der Waals surface area contributed by atoms with Crippen LogP contribution in [0.2, 0.25) is 0 Å². The van der Waals surface area contributed by atoms with Crippen molar-refractivity contribution in [2.24, 2.45) is 0 Å². The molecule has 1 aromatic carbocycles. The standard InChI is InChI=1S/C10H11N2O/c13-12-6-5-8-7-11-10-4-2-1-3-9(8)10/h1-4,7,11-12H,5-6H2/q-1. The summed E-state index contributed by atoms with van der Waals surface area (Å²) in [6.07, 6.45) is 2.73. The monoisotopic (exact) mass is 175 g/mol. The molecule has 2 rings (SSSR count). The number of hydrogen-bond donors (Lipinski definition) is 2. The van der Waals surface area contributed by atoms with E-state index in [2.05, 4.69) is 11.1 Å². The van der Waals surface area contributed by atoms with E-state index in [-0.39, 0.29) is 0 Å². The first-order valence-corrected chi connectivity index (χ1v) is 4.32. The van der Waals surface area contributed by atoms with Crippen LogP contribution in [0.3, 0.4) is 0 Å². The first-order chi connectivity index (χ1) is 6.42. The van der Waals surface area contributed by atoms with Gasteiger partial charge in [-0.25, -0.2) is 0 Å². The van der Waals surface area contributed by atoms with Gasteiger partial charge in [0.25, 0.3) is 0 Å². The molecule has 0 atom stereocenters. The number of fused-ring (bicyclic) bond motifs is 1. The second-order valence-electron chi connectivity index (χ2n) is 3.00. The Morgan fingerprint density at radius 1 is 1.31 bits per heavy atom. The molecule has 0 saturated carbocycles. The number of rotatable bonds is 3. The van der Waals surface area contributed by atoms with Crippen LogP contribution in [0, 0.1) is 5.21 Å². The summed E-state index contributed by atoms with van der Waals surface area (Å²) >= 11 is 0. The van der Waals surface area contributed by atoms with Gasteiger partial charge in [0.15, 0.2) is 0 Å². The lowest BCUT2D eigenvalue weighted by Crippen LogP contribution is -2.07. The van der Waals surface area contributed by atoms with Crippen molar-refractivity contribution in [3.05, 3.63) is 41.2 Å². The number of aromatic nitrogens is 1. The average molecular weight is 175 g/mol. The molecule has 0 amide bonds. The number of aromatic amines is 1. The molecule has 13 heavy (non-hydrogen) atoms. The van der Waals surface area contributed by atoms with Gasteiger partial charge < -0.3 is 15.7 Å². The highest BCUT2D eigenvalue weighted by molar-refractivity contribution is 5.83. The van der Waals surface area contributed by atoms with Gasteiger partial charge in [-0.05, 0) is 24.6 Å². The summed E-state index contributed by atoms with van der Waals surface area (Å²) in [5.41, 5.74) is 4.23. The molecule has 3 heteroatoms. The summed E-state index contributed by atoms with van der Waals surface area (Å²) < 4.78 is 0. The van der Waals surface area contributed by atoms with E-state index in [9.17, 15) is 5.21 Å². The van der Waals surface area contributed by atoms with E-state index in [1.54, 1.807) is 0 Å². The van der Waals surface area contributed by atoms with Crippen molar-refractivity contribution in [3.63, 3.8) is 0 Å². The van der Waals surface area contributed by atoms with Crippen LogP contribution < -0.4 is 5.48 Å². The minimum absolute atomic E-state index is 0.474. The molecule has 1 heterocycles. The van der Waals surface area contributed by atoms with Crippen LogP contribution in [-0.2, 0) is 6.42 Å². The van der Waals surface area contributed by atoms with Crippen molar-refractivity contribution in [1.29, 1.82) is 0 Å². The lowest BCUT2D eigenvalue weighted by Gasteiger charge is -2.05. The van der Waals surface area contributed by atoms with Gasteiger partial charge in [-0.1, -0.05) is 18.2 Å². The Morgan fingerprint density at radius 3 is 3.00 bits per heavy atom. The molecular weight excluding hydrogens is 164 g/mol. The molecule has 0 saturated heterocycles. The van der Waals surface area contributed by atoms with Crippen LogP contribution >= 0.6 is 0 Å². The van der Waals surface area contributed by atoms with Crippen molar-refractivity contribution in [2.75, 3.05) is 6.54 Å². The SMILES string of the molecule is [O-]NCCc1c[nH]c2ccccc12. The van der Waals surface area contributed by atoms with E-state index in [0.29, 0.717) is 6.54 Å². The minimum Gasteiger partial charge on any atom is -0.788 e. The van der Waals surface area contributed by atoms with Gasteiger partial charge in [0.05, 0.1) is 0 Å². The van der Waals surface area contributed by atoms with Gasteiger partial charge in [-0.15, -0.1) is 0 Å². The van der Waals surface area contributed by atoms with E-state index in [4.69, 9.17) is 0 Å². The highest BCUT2D eigenvalue weighted by atomic mass is 16.5. The predicted octanol–water partition coefficient (Wildman–Crippen LogP) is 1.80. The molecule has 1 aromatic heterocycles. The zero-order chi connectivity index (χ0) is 9.10. The molecule has 0 aliphatic carbocycles. The molecule has 0 aliphatic heterocycles. The van der Waals surface area contributed by atoms with Crippen molar-refractivity contribution in [2.45, 2.75) is 6.42 Å². The van der Waals surface area contributed by atoms with Crippen molar-refractivity contribution < 1.29 is 0 Å². The lowest BCUT2D eigenvalue weighted by atomic mass is 10.1. The molecule has 0 radical (unpaired) electrons. The van der Waals surface area contributed by atoms with Crippen LogP contribution in [0.15, 0.2) is 30.5 Å². The maximum absolute atomic E-state index is 10.1. The van der Waals surface area contributed by atoms with E-state index in [1.807, 2.05) is 29.9 Å². The topological polar surface area (TPSA) is 50.9 Å². The number of hydroxylamine groups is 1. The molecule has 0 unspecified atom stereocenters. The van der Waals surface area contributed by atoms with Gasteiger partial charge in [0, 0.05) is 17.1 Å². The molecule has 0 spiro atoms. The van der Waals surface area contributed by atoms with Gasteiger partial charge in [-0.2, -0.15) is 0 Å². The first-order valence-electron chi connectivity index (χ1n) is 4.32. The van der Waals surface area contributed by atoms with Gasteiger partial charge in [-0.3, -0.25) is 0 Å². The molecule has 2 aromatic rings. The maximum Gasteiger partial charge on any atom is 0.0456 e. The molecule has 68 valence electrons. The van der Waals surface area contributed by atoms with Crippen molar-refractivity contribution in [1.82, 2.24) is 10.5 Å². The zero-order valence-electron chi connectivity index (χ0n) is 7.21. The van der Waals surface area contributed by atoms with Gasteiger partial charge >= 0.3 is 0 Å². The number of hydrogen-bond acceptors (Lipinski definition) is 2. The predicted molar refractivity (Wildman–Crippen MR) is 53.4 cm³/mol. The fraction of sp³-hybridized carbons (Fsp3) is 0.200. The molecule has 0 bridgehead atoms. The fourth-order valence-electron chi connectivity index (χ4n) is 1.52. The fourth-order valence-corrected chi connectivity index (χ4v) is 1.52. The van der Waals surface area contributed by atoms with E-state index in [0.717, 1.165) is 11.9 Å². The van der Waals surface area contributed by atoms with Crippen molar-refractivity contribution in [3.8, 4) is 0 Å². The summed E-state index contributed by atoms with van der Waals surface area (Å²) in [5, 5.41) is 11.3. The zero-order valence-corrected chi connectivity index (χ0v) is 7.21. The Hall–Kier alpha value is -1.32. The second-order valence-corrected chi connectivity index (χ2v) is 3.00. The van der Waals surface area contributed by atoms with Gasteiger partial charge in [0.2, 0.25) is 0 Å². The summed E-state index contributed by atoms with van der Waals surface area (Å²) in [7, 11) is 0. The molecular formula is C10H11N2O-. The highest BCUT2D eigenvalue weighted by Gasteiger charge is 2.00. The third-order valence-corrected chi connectivity index (χ3v) is 2.17.